The number of aryl methyl sites for hydroxylation is 1. The monoisotopic (exact) mass is 427 g/mol. The van der Waals surface area contributed by atoms with Crippen molar-refractivity contribution >= 4 is 36.4 Å². The molecule has 0 radical (unpaired) electrons. The summed E-state index contributed by atoms with van der Waals surface area (Å²) in [7, 11) is 1.61. The standard InChI is InChI=1S/C19H25N5O2.2ClH/c1-26-19(9-11-20-12-10-19)18(25)21-15-7-5-14(6-8-15)17-23-22-16-4-2-3-13-24(16)17;;/h5-8,20H,2-4,9-13H2,1H3,(H,21,25);2*1H. The van der Waals surface area contributed by atoms with Crippen molar-refractivity contribution in [3.05, 3.63) is 30.1 Å². The van der Waals surface area contributed by atoms with Gasteiger partial charge in [-0.1, -0.05) is 0 Å². The largest absolute Gasteiger partial charge is 0.368 e. The number of fused-ring (bicyclic) bond motifs is 1. The number of carbonyl (C=O) groups excluding carboxylic acids is 1. The van der Waals surface area contributed by atoms with Crippen LogP contribution in [0.15, 0.2) is 24.3 Å². The lowest BCUT2D eigenvalue weighted by Crippen LogP contribution is -2.51. The topological polar surface area (TPSA) is 81.1 Å². The Hall–Kier alpha value is -1.67. The number of methoxy groups -OCH3 is 1. The highest BCUT2D eigenvalue weighted by molar-refractivity contribution is 5.97. The number of benzene rings is 1. The molecule has 7 nitrogen and oxygen atoms in total. The van der Waals surface area contributed by atoms with Crippen molar-refractivity contribution in [2.75, 3.05) is 25.5 Å². The Bertz CT molecular complexity index is 788. The second-order valence-electron chi connectivity index (χ2n) is 7.03. The summed E-state index contributed by atoms with van der Waals surface area (Å²) < 4.78 is 7.78. The van der Waals surface area contributed by atoms with E-state index in [1.54, 1.807) is 7.11 Å². The third kappa shape index (κ3) is 4.33. The molecule has 28 heavy (non-hydrogen) atoms. The summed E-state index contributed by atoms with van der Waals surface area (Å²) in [6.45, 7) is 2.55. The number of nitrogens with one attached hydrogen (secondary N) is 2. The first-order valence-electron chi connectivity index (χ1n) is 9.32. The minimum atomic E-state index is -0.740. The van der Waals surface area contributed by atoms with Gasteiger partial charge in [0.05, 0.1) is 0 Å². The number of piperidine rings is 1. The van der Waals surface area contributed by atoms with E-state index in [9.17, 15) is 4.79 Å². The molecule has 1 aromatic carbocycles. The van der Waals surface area contributed by atoms with E-state index in [0.717, 1.165) is 49.0 Å². The van der Waals surface area contributed by atoms with Crippen molar-refractivity contribution in [3.63, 3.8) is 0 Å². The van der Waals surface area contributed by atoms with Gasteiger partial charge in [-0.3, -0.25) is 4.79 Å². The summed E-state index contributed by atoms with van der Waals surface area (Å²) in [5.41, 5.74) is 1.05. The van der Waals surface area contributed by atoms with Gasteiger partial charge in [0, 0.05) is 31.3 Å². The minimum Gasteiger partial charge on any atom is -0.368 e. The van der Waals surface area contributed by atoms with Gasteiger partial charge in [-0.05, 0) is 63.0 Å². The number of rotatable bonds is 4. The van der Waals surface area contributed by atoms with Crippen molar-refractivity contribution in [1.82, 2.24) is 20.1 Å². The summed E-state index contributed by atoms with van der Waals surface area (Å²) in [5, 5.41) is 14.9. The van der Waals surface area contributed by atoms with Crippen LogP contribution in [-0.2, 0) is 22.5 Å². The molecule has 9 heteroatoms. The molecule has 0 atom stereocenters. The van der Waals surface area contributed by atoms with Crippen LogP contribution < -0.4 is 10.6 Å². The number of hydrogen-bond acceptors (Lipinski definition) is 5. The van der Waals surface area contributed by atoms with E-state index in [2.05, 4.69) is 25.4 Å². The molecule has 1 amide bonds. The van der Waals surface area contributed by atoms with Gasteiger partial charge in [0.15, 0.2) is 5.82 Å². The molecule has 4 rings (SSSR count). The molecular formula is C19H27Cl2N5O2. The number of anilines is 1. The van der Waals surface area contributed by atoms with Crippen molar-refractivity contribution in [1.29, 1.82) is 0 Å². The molecule has 0 bridgehead atoms. The predicted molar refractivity (Wildman–Crippen MR) is 113 cm³/mol. The Balaban J connectivity index is 0.00000140. The molecule has 0 spiro atoms. The van der Waals surface area contributed by atoms with Crippen LogP contribution in [-0.4, -0.2) is 46.5 Å². The quantitative estimate of drug-likeness (QED) is 0.783. The summed E-state index contributed by atoms with van der Waals surface area (Å²) in [5.74, 6) is 1.90. The van der Waals surface area contributed by atoms with Crippen LogP contribution in [0.4, 0.5) is 5.69 Å². The van der Waals surface area contributed by atoms with Gasteiger partial charge in [0.25, 0.3) is 5.91 Å². The molecule has 2 N–H and O–H groups in total. The van der Waals surface area contributed by atoms with Gasteiger partial charge < -0.3 is 19.9 Å². The molecule has 0 aliphatic carbocycles. The molecule has 2 aromatic rings. The van der Waals surface area contributed by atoms with Crippen LogP contribution in [0.25, 0.3) is 11.4 Å². The lowest BCUT2D eigenvalue weighted by molar-refractivity contribution is -0.140. The second kappa shape index (κ2) is 9.69. The Kier molecular flexibility index (Phi) is 7.83. The smallest absolute Gasteiger partial charge is 0.256 e. The summed E-state index contributed by atoms with van der Waals surface area (Å²) in [6.07, 6.45) is 4.70. The molecule has 1 aromatic heterocycles. The molecule has 3 heterocycles. The van der Waals surface area contributed by atoms with Crippen LogP contribution in [0.2, 0.25) is 0 Å². The Morgan fingerprint density at radius 3 is 2.54 bits per heavy atom. The van der Waals surface area contributed by atoms with E-state index in [4.69, 9.17) is 4.74 Å². The van der Waals surface area contributed by atoms with Crippen LogP contribution in [0, 0.1) is 0 Å². The molecular weight excluding hydrogens is 401 g/mol. The van der Waals surface area contributed by atoms with E-state index in [-0.39, 0.29) is 30.7 Å². The Morgan fingerprint density at radius 1 is 1.14 bits per heavy atom. The summed E-state index contributed by atoms with van der Waals surface area (Å²) in [6, 6.07) is 7.82. The maximum atomic E-state index is 12.7. The number of carbonyl (C=O) groups is 1. The van der Waals surface area contributed by atoms with Crippen LogP contribution >= 0.6 is 24.8 Å². The SMILES string of the molecule is COC1(C(=O)Nc2ccc(-c3nnc4n3CCCC4)cc2)CCNCC1.Cl.Cl. The first-order valence-corrected chi connectivity index (χ1v) is 9.32. The van der Waals surface area contributed by atoms with E-state index in [1.807, 2.05) is 24.3 Å². The number of halogens is 2. The zero-order valence-electron chi connectivity index (χ0n) is 15.9. The number of aromatic nitrogens is 3. The Morgan fingerprint density at radius 2 is 1.86 bits per heavy atom. The van der Waals surface area contributed by atoms with Gasteiger partial charge in [0.2, 0.25) is 0 Å². The van der Waals surface area contributed by atoms with E-state index in [1.165, 1.54) is 12.8 Å². The molecule has 1 fully saturated rings. The maximum absolute atomic E-state index is 12.7. The molecule has 0 unspecified atom stereocenters. The van der Waals surface area contributed by atoms with Crippen LogP contribution in [0.3, 0.4) is 0 Å². The summed E-state index contributed by atoms with van der Waals surface area (Å²) >= 11 is 0. The minimum absolute atomic E-state index is 0. The molecule has 2 aliphatic rings. The van der Waals surface area contributed by atoms with E-state index >= 15 is 0 Å². The fourth-order valence-corrected chi connectivity index (χ4v) is 3.82. The van der Waals surface area contributed by atoms with Crippen molar-refractivity contribution < 1.29 is 9.53 Å². The average molecular weight is 428 g/mol. The van der Waals surface area contributed by atoms with Gasteiger partial charge in [-0.15, -0.1) is 35.0 Å². The van der Waals surface area contributed by atoms with Gasteiger partial charge >= 0.3 is 0 Å². The third-order valence-corrected chi connectivity index (χ3v) is 5.48. The highest BCUT2D eigenvalue weighted by Crippen LogP contribution is 2.27. The Labute approximate surface area is 177 Å². The zero-order chi connectivity index (χ0) is 18.0. The van der Waals surface area contributed by atoms with Gasteiger partial charge in [0.1, 0.15) is 11.4 Å². The highest BCUT2D eigenvalue weighted by Gasteiger charge is 2.39. The van der Waals surface area contributed by atoms with Gasteiger partial charge in [-0.2, -0.15) is 0 Å². The first kappa shape index (κ1) is 22.6. The lowest BCUT2D eigenvalue weighted by Gasteiger charge is -2.34. The van der Waals surface area contributed by atoms with Crippen molar-refractivity contribution in [2.45, 2.75) is 44.2 Å². The van der Waals surface area contributed by atoms with Crippen LogP contribution in [0.5, 0.6) is 0 Å². The zero-order valence-corrected chi connectivity index (χ0v) is 17.6. The molecule has 1 saturated heterocycles. The normalized spacial score (nSPS) is 17.6. The fraction of sp³-hybridized carbons (Fsp3) is 0.526. The number of ether oxygens (including phenoxy) is 1. The highest BCUT2D eigenvalue weighted by atomic mass is 35.5. The fourth-order valence-electron chi connectivity index (χ4n) is 3.82. The second-order valence-corrected chi connectivity index (χ2v) is 7.03. The first-order chi connectivity index (χ1) is 12.7. The number of nitrogens with zero attached hydrogens (tertiary/aromatic N) is 3. The molecule has 0 saturated carbocycles. The molecule has 2 aliphatic heterocycles. The van der Waals surface area contributed by atoms with Crippen LogP contribution in [0.1, 0.15) is 31.5 Å². The third-order valence-electron chi connectivity index (χ3n) is 5.48. The average Bonchev–Trinajstić information content (AvgIpc) is 3.13. The van der Waals surface area contributed by atoms with Crippen molar-refractivity contribution in [3.8, 4) is 11.4 Å². The molecule has 154 valence electrons. The number of hydrogen-bond donors (Lipinski definition) is 2. The van der Waals surface area contributed by atoms with Crippen molar-refractivity contribution in [2.24, 2.45) is 0 Å². The van der Waals surface area contributed by atoms with E-state index in [0.29, 0.717) is 12.8 Å². The maximum Gasteiger partial charge on any atom is 0.256 e. The lowest BCUT2D eigenvalue weighted by atomic mass is 9.91. The van der Waals surface area contributed by atoms with Gasteiger partial charge in [-0.25, -0.2) is 0 Å². The predicted octanol–water partition coefficient (Wildman–Crippen LogP) is 2.83. The number of amides is 1. The summed E-state index contributed by atoms with van der Waals surface area (Å²) in [4.78, 5) is 12.7. The van der Waals surface area contributed by atoms with E-state index < -0.39 is 5.60 Å².